The molecule has 0 spiro atoms. The highest BCUT2D eigenvalue weighted by Gasteiger charge is 2.41. The molecule has 1 rings (SSSR count). The molecular weight excluding hydrogens is 626 g/mol. The molecule has 0 radical (unpaired) electrons. The van der Waals surface area contributed by atoms with Crippen molar-refractivity contribution in [3.63, 3.8) is 0 Å². The Morgan fingerprint density at radius 1 is 0.906 bits per heavy atom. The number of hydrogen-bond acceptors (Lipinski definition) is 8. The van der Waals surface area contributed by atoms with E-state index < -0.39 is 54.2 Å². The summed E-state index contributed by atoms with van der Waals surface area (Å²) in [4.78, 5) is 38.1. The van der Waals surface area contributed by atoms with Crippen molar-refractivity contribution >= 4 is 71.2 Å². The predicted octanol–water partition coefficient (Wildman–Crippen LogP) is -0.442. The Labute approximate surface area is 209 Å². The molecule has 32 heavy (non-hydrogen) atoms. The van der Waals surface area contributed by atoms with E-state index in [4.69, 9.17) is 5.11 Å². The van der Waals surface area contributed by atoms with Crippen LogP contribution in [0, 0.1) is 0 Å². The highest BCUT2D eigenvalue weighted by atomic mass is 79.9. The Morgan fingerprint density at radius 2 is 1.38 bits per heavy atom. The second-order valence-corrected chi connectivity index (χ2v) is 9.47. The van der Waals surface area contributed by atoms with Crippen molar-refractivity contribution in [1.29, 1.82) is 0 Å². The molecule has 11 nitrogen and oxygen atoms in total. The van der Waals surface area contributed by atoms with Gasteiger partial charge in [0.25, 0.3) is 5.91 Å². The fourth-order valence-corrected chi connectivity index (χ4v) is 5.91. The van der Waals surface area contributed by atoms with E-state index in [2.05, 4.69) is 58.4 Å². The number of amides is 3. The predicted molar refractivity (Wildman–Crippen MR) is 125 cm³/mol. The molecule has 0 saturated carbocycles. The number of benzene rings is 1. The smallest absolute Gasteiger partial charge is 0.348 e. The third kappa shape index (κ3) is 6.55. The lowest BCUT2D eigenvalue weighted by Gasteiger charge is -2.35. The molecule has 2 atom stereocenters. The number of aliphatic hydroxyl groups excluding tert-OH is 5. The first kappa shape index (κ1) is 29.1. The van der Waals surface area contributed by atoms with Crippen LogP contribution in [0.4, 0.5) is 5.69 Å². The number of halogens is 3. The van der Waals surface area contributed by atoms with Gasteiger partial charge in [0.1, 0.15) is 37.5 Å². The van der Waals surface area contributed by atoms with Crippen molar-refractivity contribution in [1.82, 2.24) is 5.32 Å². The number of nitrogens with zero attached hydrogens (tertiary/aromatic N) is 1. The van der Waals surface area contributed by atoms with Crippen molar-refractivity contribution < 1.29 is 44.4 Å². The van der Waals surface area contributed by atoms with E-state index in [1.54, 1.807) is 0 Å². The van der Waals surface area contributed by atoms with Crippen molar-refractivity contribution in [2.45, 2.75) is 12.2 Å². The van der Waals surface area contributed by atoms with Gasteiger partial charge in [0.15, 0.2) is 0 Å². The van der Waals surface area contributed by atoms with Gasteiger partial charge in [0.2, 0.25) is 5.91 Å². The van der Waals surface area contributed by atoms with Crippen LogP contribution < -0.4 is 10.6 Å². The first-order valence-electron chi connectivity index (χ1n) is 9.18. The van der Waals surface area contributed by atoms with Crippen LogP contribution >= 0.6 is 47.8 Å². The van der Waals surface area contributed by atoms with Gasteiger partial charge in [-0.1, -0.05) is 0 Å². The van der Waals surface area contributed by atoms with E-state index in [0.717, 1.165) is 0 Å². The van der Waals surface area contributed by atoms with Gasteiger partial charge in [-0.2, -0.15) is 0 Å². The van der Waals surface area contributed by atoms with Gasteiger partial charge in [-0.05, 0) is 47.8 Å². The number of nitrogens with one attached hydrogen (secondary N) is 2. The van der Waals surface area contributed by atoms with E-state index in [9.17, 15) is 34.8 Å². The van der Waals surface area contributed by atoms with Crippen LogP contribution in [0.5, 0.6) is 0 Å². The van der Waals surface area contributed by atoms with E-state index in [1.807, 2.05) is 0 Å². The number of quaternary nitrogens is 1. The number of carbonyl (C=O) groups is 3. The Morgan fingerprint density at radius 3 is 1.78 bits per heavy atom. The standard InChI is InChI=1S/C18H24Br3N3O8/c1-22-17(31)11-13(19)12(15(21)16(14(11)20)23-10(30)7-27)18(32)24(2,3-8(28)5-25)4-9(29)6-26/h8-9,25-29H,3-7H2,1-2H3,(H-,22,23,30,31)/p+1. The minimum atomic E-state index is -1.32. The molecule has 7 N–H and O–H groups in total. The molecule has 0 aliphatic rings. The monoisotopic (exact) mass is 648 g/mol. The zero-order valence-electron chi connectivity index (χ0n) is 17.2. The highest BCUT2D eigenvalue weighted by molar-refractivity contribution is 9.11. The first-order valence-corrected chi connectivity index (χ1v) is 11.6. The number of carbonyl (C=O) groups excluding carboxylic acids is 3. The summed E-state index contributed by atoms with van der Waals surface area (Å²) in [5, 5.41) is 52.5. The molecule has 0 heterocycles. The fraction of sp³-hybridized carbons (Fsp3) is 0.500. The van der Waals surface area contributed by atoms with Crippen LogP contribution in [0.25, 0.3) is 0 Å². The maximum Gasteiger partial charge on any atom is 0.348 e. The number of rotatable bonds is 10. The average molecular weight is 651 g/mol. The van der Waals surface area contributed by atoms with Gasteiger partial charge in [-0.15, -0.1) is 0 Å². The van der Waals surface area contributed by atoms with Crippen LogP contribution in [0.2, 0.25) is 0 Å². The van der Waals surface area contributed by atoms with Gasteiger partial charge in [0.05, 0.1) is 40.5 Å². The number of aliphatic hydroxyl groups is 5. The summed E-state index contributed by atoms with van der Waals surface area (Å²) >= 11 is 9.77. The number of anilines is 1. The second-order valence-electron chi connectivity index (χ2n) is 7.09. The molecule has 0 saturated heterocycles. The Hall–Kier alpha value is -0.970. The maximum absolute atomic E-state index is 13.7. The quantitative estimate of drug-likeness (QED) is 0.167. The van der Waals surface area contributed by atoms with E-state index >= 15 is 0 Å². The summed E-state index contributed by atoms with van der Waals surface area (Å²) in [5.74, 6) is -2.12. The third-order valence-corrected chi connectivity index (χ3v) is 6.91. The molecule has 0 fully saturated rings. The van der Waals surface area contributed by atoms with E-state index in [0.29, 0.717) is 0 Å². The van der Waals surface area contributed by atoms with E-state index in [1.165, 1.54) is 14.1 Å². The van der Waals surface area contributed by atoms with Gasteiger partial charge in [-0.25, -0.2) is 4.79 Å². The molecule has 0 aliphatic heterocycles. The third-order valence-electron chi connectivity index (χ3n) is 4.53. The van der Waals surface area contributed by atoms with Crippen LogP contribution in [0.3, 0.4) is 0 Å². The van der Waals surface area contributed by atoms with Crippen LogP contribution in [-0.2, 0) is 4.79 Å². The molecule has 3 amide bonds. The molecular formula is C18H25Br3N3O8+. The van der Waals surface area contributed by atoms with E-state index in [-0.39, 0.29) is 43.3 Å². The largest absolute Gasteiger partial charge is 0.393 e. The number of likely N-dealkylation sites (N-methyl/N-ethyl adjacent to an activating group) is 1. The van der Waals surface area contributed by atoms with Crippen molar-refractivity contribution in [2.75, 3.05) is 52.3 Å². The minimum Gasteiger partial charge on any atom is -0.393 e. The second kappa shape index (κ2) is 12.5. The normalized spacial score (nSPS) is 14.9. The number of hydrogen-bond donors (Lipinski definition) is 7. The minimum absolute atomic E-state index is 0.00818. The SMILES string of the molecule is CNC(=O)c1c(Br)c(NC(=O)CO)c(Br)c(C(=O)[N+](C)(CC(O)CO)CC(O)CO)c1Br. The van der Waals surface area contributed by atoms with Gasteiger partial charge in [0, 0.05) is 11.5 Å². The first-order chi connectivity index (χ1) is 14.9. The van der Waals surface area contributed by atoms with Gasteiger partial charge in [-0.3, -0.25) is 14.1 Å². The molecule has 0 aliphatic carbocycles. The average Bonchev–Trinajstić information content (AvgIpc) is 2.75. The molecule has 180 valence electrons. The molecule has 0 aromatic heterocycles. The topological polar surface area (TPSA) is 176 Å². The fourth-order valence-electron chi connectivity index (χ4n) is 3.02. The Balaban J connectivity index is 3.85. The lowest BCUT2D eigenvalue weighted by Crippen LogP contribution is -2.57. The Bertz CT molecular complexity index is 872. The van der Waals surface area contributed by atoms with Crippen molar-refractivity contribution in [3.05, 3.63) is 24.5 Å². The summed E-state index contributed by atoms with van der Waals surface area (Å²) in [7, 11) is 2.75. The Kier molecular flexibility index (Phi) is 11.3. The summed E-state index contributed by atoms with van der Waals surface area (Å²) in [6.45, 7) is -2.81. The molecule has 2 unspecified atom stereocenters. The summed E-state index contributed by atoms with van der Waals surface area (Å²) in [6, 6.07) is 0. The molecule has 1 aromatic rings. The molecule has 1 aromatic carbocycles. The zero-order chi connectivity index (χ0) is 24.8. The summed E-state index contributed by atoms with van der Waals surface area (Å²) < 4.78 is -0.446. The van der Waals surface area contributed by atoms with Gasteiger partial charge >= 0.3 is 5.91 Å². The van der Waals surface area contributed by atoms with Crippen LogP contribution in [-0.4, -0.2) is 107 Å². The summed E-state index contributed by atoms with van der Waals surface area (Å²) in [5.41, 5.74) is -0.159. The zero-order valence-corrected chi connectivity index (χ0v) is 22.0. The maximum atomic E-state index is 13.7. The highest BCUT2D eigenvalue weighted by Crippen LogP contribution is 2.43. The van der Waals surface area contributed by atoms with Crippen LogP contribution in [0.1, 0.15) is 20.7 Å². The lowest BCUT2D eigenvalue weighted by molar-refractivity contribution is -0.836. The van der Waals surface area contributed by atoms with Crippen LogP contribution in [0.15, 0.2) is 13.4 Å². The van der Waals surface area contributed by atoms with Crippen molar-refractivity contribution in [2.24, 2.45) is 0 Å². The molecule has 14 heteroatoms. The lowest BCUT2D eigenvalue weighted by atomic mass is 10.0. The molecule has 0 bridgehead atoms. The van der Waals surface area contributed by atoms with Gasteiger partial charge < -0.3 is 36.2 Å². The van der Waals surface area contributed by atoms with Crippen molar-refractivity contribution in [3.8, 4) is 0 Å². The summed E-state index contributed by atoms with van der Waals surface area (Å²) in [6.07, 6.45) is -2.65.